The Balaban J connectivity index is 2.57. The SMILES string of the molecule is O=[N+]([O-])C1=CONC1. The minimum atomic E-state index is -0.486. The molecule has 0 saturated heterocycles. The van der Waals surface area contributed by atoms with Crippen LogP contribution in [0.1, 0.15) is 0 Å². The van der Waals surface area contributed by atoms with Crippen molar-refractivity contribution in [2.24, 2.45) is 0 Å². The van der Waals surface area contributed by atoms with Gasteiger partial charge in [0.15, 0.2) is 6.26 Å². The largest absolute Gasteiger partial charge is 0.409 e. The van der Waals surface area contributed by atoms with E-state index in [2.05, 4.69) is 10.3 Å². The van der Waals surface area contributed by atoms with E-state index in [1.165, 1.54) is 0 Å². The Hall–Kier alpha value is -1.10. The number of nitrogens with zero attached hydrogens (tertiary/aromatic N) is 1. The second kappa shape index (κ2) is 1.79. The molecule has 1 N–H and O–H groups in total. The van der Waals surface area contributed by atoms with Gasteiger partial charge in [0, 0.05) is 0 Å². The molecule has 0 bridgehead atoms. The lowest BCUT2D eigenvalue weighted by molar-refractivity contribution is -0.425. The molecule has 1 aliphatic heterocycles. The second-order valence-corrected chi connectivity index (χ2v) is 1.31. The van der Waals surface area contributed by atoms with Crippen molar-refractivity contribution in [3.8, 4) is 0 Å². The van der Waals surface area contributed by atoms with Crippen LogP contribution in [0.3, 0.4) is 0 Å². The van der Waals surface area contributed by atoms with Gasteiger partial charge in [-0.15, -0.1) is 5.48 Å². The van der Waals surface area contributed by atoms with Gasteiger partial charge in [0.2, 0.25) is 0 Å². The van der Waals surface area contributed by atoms with Crippen molar-refractivity contribution >= 4 is 0 Å². The van der Waals surface area contributed by atoms with Gasteiger partial charge >= 0.3 is 0 Å². The highest BCUT2D eigenvalue weighted by Gasteiger charge is 2.15. The maximum atomic E-state index is 9.82. The summed E-state index contributed by atoms with van der Waals surface area (Å²) in [6, 6.07) is 0. The van der Waals surface area contributed by atoms with Gasteiger partial charge in [0.05, 0.1) is 4.92 Å². The van der Waals surface area contributed by atoms with Gasteiger partial charge in [-0.1, -0.05) is 0 Å². The van der Waals surface area contributed by atoms with E-state index >= 15 is 0 Å². The highest BCUT2D eigenvalue weighted by atomic mass is 16.7. The van der Waals surface area contributed by atoms with E-state index < -0.39 is 4.92 Å². The van der Waals surface area contributed by atoms with Crippen LogP contribution in [0, 0.1) is 10.1 Å². The van der Waals surface area contributed by atoms with Gasteiger partial charge in [0.1, 0.15) is 6.54 Å². The predicted octanol–water partition coefficient (Wildman–Crippen LogP) is -0.361. The quantitative estimate of drug-likeness (QED) is 0.375. The maximum Gasteiger partial charge on any atom is 0.299 e. The molecule has 0 aromatic heterocycles. The van der Waals surface area contributed by atoms with E-state index in [1.807, 2.05) is 0 Å². The lowest BCUT2D eigenvalue weighted by Crippen LogP contribution is -2.09. The standard InChI is InChI=1S/C3H4N2O3/c6-5(7)3-1-4-8-2-3/h2,4H,1H2. The van der Waals surface area contributed by atoms with Gasteiger partial charge in [-0.25, -0.2) is 0 Å². The third-order valence-corrected chi connectivity index (χ3v) is 0.766. The van der Waals surface area contributed by atoms with Crippen molar-refractivity contribution in [3.63, 3.8) is 0 Å². The van der Waals surface area contributed by atoms with Crippen molar-refractivity contribution in [1.82, 2.24) is 5.48 Å². The van der Waals surface area contributed by atoms with Crippen molar-refractivity contribution in [2.45, 2.75) is 0 Å². The molecule has 0 radical (unpaired) electrons. The fourth-order valence-corrected chi connectivity index (χ4v) is 0.375. The number of hydrogen-bond acceptors (Lipinski definition) is 4. The summed E-state index contributed by atoms with van der Waals surface area (Å²) in [4.78, 5) is 13.7. The molecule has 0 amide bonds. The minimum absolute atomic E-state index is 0.0602. The summed E-state index contributed by atoms with van der Waals surface area (Å²) in [5, 5.41) is 9.82. The third kappa shape index (κ3) is 0.760. The molecular weight excluding hydrogens is 112 g/mol. The van der Waals surface area contributed by atoms with Crippen LogP contribution in [-0.2, 0) is 4.84 Å². The van der Waals surface area contributed by atoms with Crippen LogP contribution in [0.15, 0.2) is 12.0 Å². The van der Waals surface area contributed by atoms with Crippen LogP contribution in [-0.4, -0.2) is 11.5 Å². The Morgan fingerprint density at radius 3 is 3.00 bits per heavy atom. The summed E-state index contributed by atoms with van der Waals surface area (Å²) in [5.74, 6) is 0. The molecule has 8 heavy (non-hydrogen) atoms. The lowest BCUT2D eigenvalue weighted by Gasteiger charge is -1.83. The smallest absolute Gasteiger partial charge is 0.299 e. The highest BCUT2D eigenvalue weighted by molar-refractivity contribution is 4.90. The zero-order valence-corrected chi connectivity index (χ0v) is 3.96. The van der Waals surface area contributed by atoms with Gasteiger partial charge in [0.25, 0.3) is 5.70 Å². The minimum Gasteiger partial charge on any atom is -0.409 e. The first-order valence-electron chi connectivity index (χ1n) is 2.02. The molecule has 0 aromatic rings. The third-order valence-electron chi connectivity index (χ3n) is 0.766. The second-order valence-electron chi connectivity index (χ2n) is 1.31. The zero-order chi connectivity index (χ0) is 5.98. The maximum absolute atomic E-state index is 9.82. The first-order chi connectivity index (χ1) is 3.80. The van der Waals surface area contributed by atoms with Crippen LogP contribution in [0.4, 0.5) is 0 Å². The number of rotatable bonds is 1. The number of hydrogen-bond donors (Lipinski definition) is 1. The van der Waals surface area contributed by atoms with E-state index in [0.717, 1.165) is 6.26 Å². The van der Waals surface area contributed by atoms with Crippen LogP contribution >= 0.6 is 0 Å². The Bertz CT molecular complexity index is 141. The van der Waals surface area contributed by atoms with Crippen LogP contribution < -0.4 is 5.48 Å². The normalized spacial score (nSPS) is 17.2. The van der Waals surface area contributed by atoms with E-state index in [4.69, 9.17) is 0 Å². The molecule has 0 fully saturated rings. The molecule has 1 heterocycles. The van der Waals surface area contributed by atoms with Crippen LogP contribution in [0.5, 0.6) is 0 Å². The number of nitro groups is 1. The molecule has 0 saturated carbocycles. The van der Waals surface area contributed by atoms with Gasteiger partial charge in [-0.2, -0.15) is 0 Å². The Morgan fingerprint density at radius 2 is 2.75 bits per heavy atom. The summed E-state index contributed by atoms with van der Waals surface area (Å²) >= 11 is 0. The van der Waals surface area contributed by atoms with E-state index in [1.54, 1.807) is 0 Å². The monoisotopic (exact) mass is 116 g/mol. The molecule has 44 valence electrons. The molecule has 0 aliphatic carbocycles. The lowest BCUT2D eigenvalue weighted by atomic mass is 10.5. The molecule has 5 nitrogen and oxygen atoms in total. The van der Waals surface area contributed by atoms with Crippen molar-refractivity contribution in [1.29, 1.82) is 0 Å². The topological polar surface area (TPSA) is 64.4 Å². The average molecular weight is 116 g/mol. The van der Waals surface area contributed by atoms with Crippen molar-refractivity contribution in [3.05, 3.63) is 22.1 Å². The molecule has 1 rings (SSSR count). The summed E-state index contributed by atoms with van der Waals surface area (Å²) in [6.45, 7) is 0.188. The fraction of sp³-hybridized carbons (Fsp3) is 0.333. The zero-order valence-electron chi connectivity index (χ0n) is 3.96. The number of hydroxylamine groups is 1. The Labute approximate surface area is 45.0 Å². The predicted molar refractivity (Wildman–Crippen MR) is 24.2 cm³/mol. The van der Waals surface area contributed by atoms with Crippen molar-refractivity contribution in [2.75, 3.05) is 6.54 Å². The molecule has 0 aromatic carbocycles. The molecular formula is C3H4N2O3. The summed E-state index contributed by atoms with van der Waals surface area (Å²) in [6.07, 6.45) is 1.08. The Morgan fingerprint density at radius 1 is 2.00 bits per heavy atom. The molecule has 0 atom stereocenters. The Kier molecular flexibility index (Phi) is 1.13. The highest BCUT2D eigenvalue weighted by Crippen LogP contribution is 1.98. The summed E-state index contributed by atoms with van der Waals surface area (Å²) < 4.78 is 0. The molecule has 0 spiro atoms. The van der Waals surface area contributed by atoms with Gasteiger partial charge < -0.3 is 4.84 Å². The van der Waals surface area contributed by atoms with E-state index in [9.17, 15) is 10.1 Å². The summed E-state index contributed by atoms with van der Waals surface area (Å²) in [7, 11) is 0. The van der Waals surface area contributed by atoms with Gasteiger partial charge in [-0.05, 0) is 0 Å². The molecule has 5 heteroatoms. The first-order valence-corrected chi connectivity index (χ1v) is 2.02. The molecule has 0 unspecified atom stereocenters. The van der Waals surface area contributed by atoms with E-state index in [-0.39, 0.29) is 12.2 Å². The van der Waals surface area contributed by atoms with E-state index in [0.29, 0.717) is 0 Å². The summed E-state index contributed by atoms with van der Waals surface area (Å²) in [5.41, 5.74) is 2.38. The van der Waals surface area contributed by atoms with Crippen LogP contribution in [0.2, 0.25) is 0 Å². The van der Waals surface area contributed by atoms with Crippen LogP contribution in [0.25, 0.3) is 0 Å². The van der Waals surface area contributed by atoms with Gasteiger partial charge in [-0.3, -0.25) is 10.1 Å². The fourth-order valence-electron chi connectivity index (χ4n) is 0.375. The first kappa shape index (κ1) is 5.04. The average Bonchev–Trinajstić information content (AvgIpc) is 2.12. The molecule has 1 aliphatic rings. The number of nitrogens with one attached hydrogen (secondary N) is 1. The van der Waals surface area contributed by atoms with Crippen molar-refractivity contribution < 1.29 is 9.76 Å².